The number of unbranched alkanes of at least 4 members (excludes halogenated alkanes) is 5. The Balaban J connectivity index is 0.000000633. The van der Waals surface area contributed by atoms with Crippen molar-refractivity contribution in [2.24, 2.45) is 0 Å². The lowest BCUT2D eigenvalue weighted by Gasteiger charge is -2.16. The first-order chi connectivity index (χ1) is 15.6. The molecular weight excluding hydrogens is 443 g/mol. The first-order valence-corrected chi connectivity index (χ1v) is 13.0. The van der Waals surface area contributed by atoms with Crippen molar-refractivity contribution in [1.29, 1.82) is 0 Å². The van der Waals surface area contributed by atoms with Crippen LogP contribution >= 0.6 is 20.2 Å². The number of aliphatic hydroxyl groups is 1. The third-order valence-electron chi connectivity index (χ3n) is 4.61. The number of aromatic nitrogens is 2. The molecule has 2 rings (SSSR count). The van der Waals surface area contributed by atoms with Crippen molar-refractivity contribution in [2.45, 2.75) is 70.1 Å². The minimum absolute atomic E-state index is 0.0693. The molecule has 1 aromatic heterocycles. The minimum Gasteiger partial charge on any atom is -0.396 e. The van der Waals surface area contributed by atoms with E-state index in [1.165, 1.54) is 4.57 Å². The van der Waals surface area contributed by atoms with Gasteiger partial charge in [0.25, 0.3) is 0 Å². The van der Waals surface area contributed by atoms with Gasteiger partial charge in [-0.15, -0.1) is 36.9 Å². The molecule has 0 aliphatic carbocycles. The van der Waals surface area contributed by atoms with Crippen LogP contribution in [0, 0.1) is 36.5 Å². The zero-order chi connectivity index (χ0) is 23.6. The van der Waals surface area contributed by atoms with Crippen LogP contribution in [0.15, 0.2) is 11.0 Å². The topological polar surface area (TPSA) is 102 Å². The third-order valence-corrected chi connectivity index (χ3v) is 5.45. The number of terminal acetylenes is 2. The highest BCUT2D eigenvalue weighted by atomic mass is 32.7. The Kier molecular flexibility index (Phi) is 15.4. The van der Waals surface area contributed by atoms with Gasteiger partial charge in [0.05, 0.1) is 11.7 Å². The Bertz CT molecular complexity index is 882. The maximum atomic E-state index is 12.1. The summed E-state index contributed by atoms with van der Waals surface area (Å²) >= 11 is 4.14. The number of anilines is 1. The van der Waals surface area contributed by atoms with E-state index in [0.717, 1.165) is 64.3 Å². The number of rotatable bonds is 10. The van der Waals surface area contributed by atoms with E-state index in [0.29, 0.717) is 13.5 Å². The summed E-state index contributed by atoms with van der Waals surface area (Å²) in [7, 11) is 0.374. The second-order valence-corrected chi connectivity index (χ2v) is 8.36. The molecule has 1 aliphatic heterocycles. The fourth-order valence-electron chi connectivity index (χ4n) is 2.92. The molecule has 0 saturated carbocycles. The number of nitrogens with one attached hydrogen (secondary N) is 1. The highest BCUT2D eigenvalue weighted by molar-refractivity contribution is 8.37. The van der Waals surface area contributed by atoms with Crippen LogP contribution in [0.1, 0.15) is 69.6 Å². The van der Waals surface area contributed by atoms with E-state index in [9.17, 15) is 4.79 Å². The summed E-state index contributed by atoms with van der Waals surface area (Å²) in [5, 5.41) is 11.4. The van der Waals surface area contributed by atoms with Crippen LogP contribution in [0.4, 0.5) is 5.82 Å². The fraction of sp³-hybridized carbons (Fsp3) is 0.565. The summed E-state index contributed by atoms with van der Waals surface area (Å²) in [6.07, 6.45) is 19.2. The molecule has 174 valence electrons. The highest BCUT2D eigenvalue weighted by Crippen LogP contribution is 2.27. The van der Waals surface area contributed by atoms with Crippen molar-refractivity contribution < 1.29 is 9.84 Å². The lowest BCUT2D eigenvalue weighted by molar-refractivity contribution is 0.00240. The summed E-state index contributed by atoms with van der Waals surface area (Å²) in [5.41, 5.74) is 5.98. The Morgan fingerprint density at radius 3 is 2.59 bits per heavy atom. The van der Waals surface area contributed by atoms with Crippen molar-refractivity contribution in [3.63, 3.8) is 0 Å². The predicted octanol–water partition coefficient (Wildman–Crippen LogP) is 2.86. The molecule has 0 radical (unpaired) electrons. The zero-order valence-electron chi connectivity index (χ0n) is 18.3. The molecule has 32 heavy (non-hydrogen) atoms. The van der Waals surface area contributed by atoms with Gasteiger partial charge in [0.1, 0.15) is 12.0 Å². The van der Waals surface area contributed by atoms with E-state index in [2.05, 4.69) is 46.0 Å². The van der Waals surface area contributed by atoms with Crippen LogP contribution < -0.4 is 16.5 Å². The van der Waals surface area contributed by atoms with Crippen molar-refractivity contribution >= 4 is 26.0 Å². The lowest BCUT2D eigenvalue weighted by Crippen LogP contribution is -2.29. The molecule has 1 aliphatic rings. The van der Waals surface area contributed by atoms with Crippen LogP contribution in [-0.2, 0) is 4.74 Å². The molecule has 1 fully saturated rings. The normalized spacial score (nSPS) is 17.1. The predicted molar refractivity (Wildman–Crippen MR) is 135 cm³/mol. The number of nitrogens with two attached hydrogens (primary N) is 1. The van der Waals surface area contributed by atoms with Crippen LogP contribution in [0.5, 0.6) is 0 Å². The summed E-state index contributed by atoms with van der Waals surface area (Å²) in [5.74, 6) is 11.3. The first kappa shape index (κ1) is 28.1. The van der Waals surface area contributed by atoms with Gasteiger partial charge in [0.15, 0.2) is 0 Å². The van der Waals surface area contributed by atoms with Crippen molar-refractivity contribution in [3.05, 3.63) is 22.2 Å². The number of thiol groups is 1. The molecule has 0 bridgehead atoms. The quantitative estimate of drug-likeness (QED) is 0.179. The Hall–Kier alpha value is -1.98. The van der Waals surface area contributed by atoms with E-state index in [1.54, 1.807) is 6.20 Å². The Morgan fingerprint density at radius 2 is 1.94 bits per heavy atom. The van der Waals surface area contributed by atoms with Crippen LogP contribution in [0.3, 0.4) is 0 Å². The summed E-state index contributed by atoms with van der Waals surface area (Å²) in [6.45, 7) is 0.988. The summed E-state index contributed by atoms with van der Waals surface area (Å²) in [6, 6.07) is 0. The molecule has 0 spiro atoms. The van der Waals surface area contributed by atoms with Gasteiger partial charge in [-0.25, -0.2) is 4.79 Å². The molecule has 1 saturated heterocycles. The Morgan fingerprint density at radius 1 is 1.25 bits per heavy atom. The average Bonchev–Trinajstić information content (AvgIpc) is 3.25. The molecule has 0 amide bonds. The number of hydrogen-bond donors (Lipinski definition) is 4. The van der Waals surface area contributed by atoms with Crippen LogP contribution in [0.25, 0.3) is 0 Å². The summed E-state index contributed by atoms with van der Waals surface area (Å²) < 4.78 is 7.41. The van der Waals surface area contributed by atoms with Crippen molar-refractivity contribution in [1.82, 2.24) is 14.6 Å². The molecule has 1 unspecified atom stereocenters. The highest BCUT2D eigenvalue weighted by Gasteiger charge is 2.27. The van der Waals surface area contributed by atoms with Gasteiger partial charge in [-0.2, -0.15) is 4.98 Å². The molecule has 2 heterocycles. The largest absolute Gasteiger partial charge is 0.396 e. The van der Waals surface area contributed by atoms with E-state index >= 15 is 0 Å². The summed E-state index contributed by atoms with van der Waals surface area (Å²) in [4.78, 5) is 16.0. The fourth-order valence-corrected chi connectivity index (χ4v) is 3.51. The van der Waals surface area contributed by atoms with Gasteiger partial charge in [-0.05, 0) is 38.5 Å². The minimum atomic E-state index is -0.410. The van der Waals surface area contributed by atoms with Gasteiger partial charge in [-0.3, -0.25) is 9.65 Å². The van der Waals surface area contributed by atoms with Gasteiger partial charge < -0.3 is 15.6 Å². The van der Waals surface area contributed by atoms with E-state index in [4.69, 9.17) is 28.4 Å². The standard InChI is InChI=1S/C17H23N4O2PS.C6H10O/c1-2-3-4-5-6-7-8-13-12-21(17(22)20-16(13)18)15-10-9-14(23-15)11-19-24-25;1-2-3-4-5-6-7/h1,12,14-15,19,24-25H,3-6,9-11H2,(H2,18,20,22);1,7H,3-6H2/t14-,15+;/m0./s1. The van der Waals surface area contributed by atoms with Gasteiger partial charge >= 0.3 is 5.69 Å². The van der Waals surface area contributed by atoms with E-state index in [1.807, 2.05) is 0 Å². The van der Waals surface area contributed by atoms with E-state index in [-0.39, 0.29) is 24.8 Å². The molecule has 0 aromatic carbocycles. The number of nitrogens with zero attached hydrogens (tertiary/aromatic N) is 2. The molecule has 3 atom stereocenters. The second-order valence-electron chi connectivity index (χ2n) is 7.11. The molecular formula is C23H33N4O3PS. The smallest absolute Gasteiger partial charge is 0.351 e. The number of nitrogen functional groups attached to an aromatic ring is 1. The number of ether oxygens (including phenoxy) is 1. The second kappa shape index (κ2) is 17.6. The van der Waals surface area contributed by atoms with Crippen LogP contribution in [-0.4, -0.2) is 33.9 Å². The number of hydrogen-bond acceptors (Lipinski definition) is 7. The average molecular weight is 477 g/mol. The Labute approximate surface area is 198 Å². The van der Waals surface area contributed by atoms with Crippen molar-refractivity contribution in [2.75, 3.05) is 18.9 Å². The molecule has 7 nitrogen and oxygen atoms in total. The first-order valence-electron chi connectivity index (χ1n) is 10.7. The lowest BCUT2D eigenvalue weighted by atomic mass is 10.2. The molecule has 9 heteroatoms. The SMILES string of the molecule is C#CCCCCC#Cc1cn([C@H]2CC[C@@H](CNPS)O2)c(=O)nc1N.C#CCCCCO. The third kappa shape index (κ3) is 11.1. The van der Waals surface area contributed by atoms with Gasteiger partial charge in [0, 0.05) is 46.5 Å². The van der Waals surface area contributed by atoms with Crippen LogP contribution in [0.2, 0.25) is 0 Å². The van der Waals surface area contributed by atoms with Crippen molar-refractivity contribution in [3.8, 4) is 36.5 Å². The monoisotopic (exact) mass is 476 g/mol. The maximum absolute atomic E-state index is 12.1. The maximum Gasteiger partial charge on any atom is 0.351 e. The van der Waals surface area contributed by atoms with E-state index < -0.39 is 5.69 Å². The molecule has 4 N–H and O–H groups in total. The van der Waals surface area contributed by atoms with Gasteiger partial charge in [0.2, 0.25) is 0 Å². The zero-order valence-corrected chi connectivity index (χ0v) is 20.2. The number of aliphatic hydroxyl groups excluding tert-OH is 1. The molecule has 1 aromatic rings. The van der Waals surface area contributed by atoms with Gasteiger partial charge in [-0.1, -0.05) is 11.8 Å².